The van der Waals surface area contributed by atoms with Gasteiger partial charge in [-0.15, -0.1) is 0 Å². The van der Waals surface area contributed by atoms with E-state index in [1.165, 1.54) is 23.1 Å². The van der Waals surface area contributed by atoms with Crippen molar-refractivity contribution in [1.29, 1.82) is 0 Å². The van der Waals surface area contributed by atoms with Crippen LogP contribution in [0.25, 0.3) is 0 Å². The molecule has 7 heteroatoms. The molecule has 0 aliphatic heterocycles. The summed E-state index contributed by atoms with van der Waals surface area (Å²) >= 11 is 11.9. The number of anilines is 1. The van der Waals surface area contributed by atoms with Gasteiger partial charge >= 0.3 is 0 Å². The summed E-state index contributed by atoms with van der Waals surface area (Å²) in [5.74, 6) is -0.906. The average molecular weight is 397 g/mol. The van der Waals surface area contributed by atoms with Crippen LogP contribution in [-0.4, -0.2) is 29.8 Å². The maximum Gasteiger partial charge on any atom is 0.244 e. The van der Waals surface area contributed by atoms with Gasteiger partial charge in [-0.05, 0) is 42.3 Å². The Balaban J connectivity index is 2.00. The first-order valence-electron chi connectivity index (χ1n) is 8.16. The van der Waals surface area contributed by atoms with Crippen LogP contribution in [0, 0.1) is 5.82 Å². The molecule has 0 aliphatic rings. The average Bonchev–Trinajstić information content (AvgIpc) is 2.59. The first-order chi connectivity index (χ1) is 12.4. The second-order valence-electron chi connectivity index (χ2n) is 5.79. The summed E-state index contributed by atoms with van der Waals surface area (Å²) in [6.45, 7) is 2.28. The third-order valence-corrected chi connectivity index (χ3v) is 4.20. The van der Waals surface area contributed by atoms with Gasteiger partial charge in [-0.3, -0.25) is 9.59 Å². The molecule has 0 saturated carbocycles. The Morgan fingerprint density at radius 1 is 1.12 bits per heavy atom. The molecule has 0 saturated heterocycles. The highest BCUT2D eigenvalue weighted by molar-refractivity contribution is 6.36. The van der Waals surface area contributed by atoms with Crippen molar-refractivity contribution in [2.45, 2.75) is 19.8 Å². The fraction of sp³-hybridized carbons (Fsp3) is 0.263. The van der Waals surface area contributed by atoms with Crippen molar-refractivity contribution < 1.29 is 14.0 Å². The first kappa shape index (κ1) is 20.2. The van der Waals surface area contributed by atoms with Gasteiger partial charge in [-0.2, -0.15) is 0 Å². The number of amides is 2. The van der Waals surface area contributed by atoms with Crippen LogP contribution in [0.2, 0.25) is 10.0 Å². The van der Waals surface area contributed by atoms with Crippen LogP contribution in [0.4, 0.5) is 10.1 Å². The van der Waals surface area contributed by atoms with Crippen LogP contribution >= 0.6 is 23.2 Å². The number of hydrogen-bond donors (Lipinski definition) is 1. The summed E-state index contributed by atoms with van der Waals surface area (Å²) in [7, 11) is 0. The Morgan fingerprint density at radius 2 is 1.81 bits per heavy atom. The number of benzene rings is 2. The lowest BCUT2D eigenvalue weighted by molar-refractivity contribution is -0.134. The van der Waals surface area contributed by atoms with Crippen molar-refractivity contribution in [1.82, 2.24) is 4.90 Å². The Hall–Kier alpha value is -2.11. The molecule has 2 aromatic rings. The highest BCUT2D eigenvalue weighted by atomic mass is 35.5. The highest BCUT2D eigenvalue weighted by Crippen LogP contribution is 2.25. The number of carbonyl (C=O) groups excluding carboxylic acids is 2. The normalized spacial score (nSPS) is 10.5. The van der Waals surface area contributed by atoms with Gasteiger partial charge in [-0.1, -0.05) is 42.3 Å². The lowest BCUT2D eigenvalue weighted by Gasteiger charge is -2.22. The third kappa shape index (κ3) is 6.00. The monoisotopic (exact) mass is 396 g/mol. The number of carbonyl (C=O) groups is 2. The van der Waals surface area contributed by atoms with Gasteiger partial charge in [-0.25, -0.2) is 4.39 Å². The van der Waals surface area contributed by atoms with E-state index in [-0.39, 0.29) is 30.6 Å². The largest absolute Gasteiger partial charge is 0.333 e. The molecule has 4 nitrogen and oxygen atoms in total. The standard InChI is InChI=1S/C19H19Cl2FN2O2/c1-2-9-24(19(26)10-13-3-6-15(22)7-4-13)12-18(25)23-17-8-5-14(20)11-16(17)21/h3-8,11H,2,9-10,12H2,1H3,(H,23,25). The van der Waals surface area contributed by atoms with Crippen molar-refractivity contribution in [3.05, 3.63) is 63.9 Å². The predicted octanol–water partition coefficient (Wildman–Crippen LogP) is 4.55. The van der Waals surface area contributed by atoms with E-state index < -0.39 is 0 Å². The summed E-state index contributed by atoms with van der Waals surface area (Å²) in [5, 5.41) is 3.47. The van der Waals surface area contributed by atoms with E-state index in [1.807, 2.05) is 6.92 Å². The van der Waals surface area contributed by atoms with Crippen molar-refractivity contribution in [2.24, 2.45) is 0 Å². The minimum Gasteiger partial charge on any atom is -0.333 e. The van der Waals surface area contributed by atoms with Gasteiger partial charge in [0.15, 0.2) is 0 Å². The Bertz CT molecular complexity index is 782. The Morgan fingerprint density at radius 3 is 2.42 bits per heavy atom. The molecule has 2 amide bonds. The SMILES string of the molecule is CCCN(CC(=O)Nc1ccc(Cl)cc1Cl)C(=O)Cc1ccc(F)cc1. The number of nitrogens with zero attached hydrogens (tertiary/aromatic N) is 1. The van der Waals surface area contributed by atoms with Crippen LogP contribution in [0.1, 0.15) is 18.9 Å². The number of nitrogens with one attached hydrogen (secondary N) is 1. The molecular formula is C19H19Cl2FN2O2. The van der Waals surface area contributed by atoms with Gasteiger partial charge in [0, 0.05) is 11.6 Å². The molecule has 2 rings (SSSR count). The molecule has 0 unspecified atom stereocenters. The van der Waals surface area contributed by atoms with E-state index in [9.17, 15) is 14.0 Å². The minimum atomic E-state index is -0.356. The summed E-state index contributed by atoms with van der Waals surface area (Å²) in [4.78, 5) is 26.3. The molecule has 0 atom stereocenters. The van der Waals surface area contributed by atoms with E-state index in [4.69, 9.17) is 23.2 Å². The summed E-state index contributed by atoms with van der Waals surface area (Å²) in [6.07, 6.45) is 0.819. The molecule has 1 N–H and O–H groups in total. The number of rotatable bonds is 7. The summed E-state index contributed by atoms with van der Waals surface area (Å²) in [6, 6.07) is 10.5. The lowest BCUT2D eigenvalue weighted by atomic mass is 10.1. The smallest absolute Gasteiger partial charge is 0.244 e. The molecule has 0 fully saturated rings. The molecule has 138 valence electrons. The second kappa shape index (κ2) is 9.55. The number of hydrogen-bond acceptors (Lipinski definition) is 2. The fourth-order valence-corrected chi connectivity index (χ4v) is 2.86. The third-order valence-electron chi connectivity index (χ3n) is 3.65. The van der Waals surface area contributed by atoms with Gasteiger partial charge in [0.25, 0.3) is 0 Å². The molecule has 0 bridgehead atoms. The van der Waals surface area contributed by atoms with Crippen molar-refractivity contribution in [3.8, 4) is 0 Å². The van der Waals surface area contributed by atoms with E-state index in [0.717, 1.165) is 0 Å². The number of halogens is 3. The van der Waals surface area contributed by atoms with Crippen LogP contribution < -0.4 is 5.32 Å². The van der Waals surface area contributed by atoms with E-state index in [1.54, 1.807) is 24.3 Å². The zero-order chi connectivity index (χ0) is 19.1. The lowest BCUT2D eigenvalue weighted by Crippen LogP contribution is -2.39. The minimum absolute atomic E-state index is 0.0905. The van der Waals surface area contributed by atoms with E-state index >= 15 is 0 Å². The molecule has 0 spiro atoms. The first-order valence-corrected chi connectivity index (χ1v) is 8.91. The molecule has 0 aliphatic carbocycles. The summed E-state index contributed by atoms with van der Waals surface area (Å²) in [5.41, 5.74) is 1.13. The van der Waals surface area contributed by atoms with Gasteiger partial charge < -0.3 is 10.2 Å². The van der Waals surface area contributed by atoms with E-state index in [2.05, 4.69) is 5.32 Å². The van der Waals surface area contributed by atoms with Gasteiger partial charge in [0.2, 0.25) is 11.8 Å². The van der Waals surface area contributed by atoms with E-state index in [0.29, 0.717) is 34.3 Å². The van der Waals surface area contributed by atoms with Crippen LogP contribution in [0.5, 0.6) is 0 Å². The van der Waals surface area contributed by atoms with Crippen molar-refractivity contribution in [2.75, 3.05) is 18.4 Å². The maximum absolute atomic E-state index is 13.0. The quantitative estimate of drug-likeness (QED) is 0.745. The van der Waals surface area contributed by atoms with Crippen molar-refractivity contribution >= 4 is 40.7 Å². The zero-order valence-electron chi connectivity index (χ0n) is 14.3. The Labute approximate surface area is 161 Å². The molecule has 0 radical (unpaired) electrons. The second-order valence-corrected chi connectivity index (χ2v) is 6.63. The van der Waals surface area contributed by atoms with Gasteiger partial charge in [0.05, 0.1) is 23.7 Å². The van der Waals surface area contributed by atoms with Crippen LogP contribution in [-0.2, 0) is 16.0 Å². The zero-order valence-corrected chi connectivity index (χ0v) is 15.8. The Kier molecular flexibility index (Phi) is 7.42. The molecule has 0 heterocycles. The predicted molar refractivity (Wildman–Crippen MR) is 102 cm³/mol. The van der Waals surface area contributed by atoms with Crippen molar-refractivity contribution in [3.63, 3.8) is 0 Å². The molecular weight excluding hydrogens is 378 g/mol. The molecule has 2 aromatic carbocycles. The van der Waals surface area contributed by atoms with Crippen LogP contribution in [0.3, 0.4) is 0 Å². The molecule has 26 heavy (non-hydrogen) atoms. The molecule has 0 aromatic heterocycles. The topological polar surface area (TPSA) is 49.4 Å². The highest BCUT2D eigenvalue weighted by Gasteiger charge is 2.17. The maximum atomic E-state index is 13.0. The fourth-order valence-electron chi connectivity index (χ4n) is 2.40. The van der Waals surface area contributed by atoms with Gasteiger partial charge in [0.1, 0.15) is 5.82 Å². The van der Waals surface area contributed by atoms with Crippen LogP contribution in [0.15, 0.2) is 42.5 Å². The summed E-state index contributed by atoms with van der Waals surface area (Å²) < 4.78 is 13.0.